The predicted molar refractivity (Wildman–Crippen MR) is 81.1 cm³/mol. The van der Waals surface area contributed by atoms with Gasteiger partial charge in [-0.1, -0.05) is 19.9 Å². The van der Waals surface area contributed by atoms with Crippen molar-refractivity contribution in [2.24, 2.45) is 0 Å². The van der Waals surface area contributed by atoms with Crippen molar-refractivity contribution in [3.8, 4) is 0 Å². The van der Waals surface area contributed by atoms with Gasteiger partial charge in [0.05, 0.1) is 17.3 Å². The summed E-state index contributed by atoms with van der Waals surface area (Å²) in [6.07, 6.45) is 1.72. The Morgan fingerprint density at radius 1 is 1.33 bits per heavy atom. The molecule has 3 rings (SSSR count). The largest absolute Gasteiger partial charge is 0.369 e. The summed E-state index contributed by atoms with van der Waals surface area (Å²) in [5, 5.41) is 2.73. The molecule has 0 aliphatic heterocycles. The number of nitrogens with zero attached hydrogens (tertiary/aromatic N) is 2. The number of hydrogen-bond donors (Lipinski definition) is 4. The molecule has 5 N–H and O–H groups in total. The lowest BCUT2D eigenvalue weighted by atomic mass is 10.1. The van der Waals surface area contributed by atoms with Crippen LogP contribution < -0.4 is 11.1 Å². The lowest BCUT2D eigenvalue weighted by molar-refractivity contribution is 0.102. The molecule has 0 saturated heterocycles. The number of H-pyrrole nitrogens is 2. The van der Waals surface area contributed by atoms with Gasteiger partial charge in [-0.15, -0.1) is 0 Å². The summed E-state index contributed by atoms with van der Waals surface area (Å²) in [5.41, 5.74) is 8.31. The number of nitrogens with two attached hydrogens (primary N) is 1. The zero-order valence-electron chi connectivity index (χ0n) is 11.8. The molecule has 0 spiro atoms. The Morgan fingerprint density at radius 2 is 2.14 bits per heavy atom. The molecule has 3 aromatic rings. The third-order valence-electron chi connectivity index (χ3n) is 3.23. The van der Waals surface area contributed by atoms with E-state index in [1.54, 1.807) is 18.3 Å². The Hall–Kier alpha value is -2.83. The van der Waals surface area contributed by atoms with E-state index >= 15 is 0 Å². The summed E-state index contributed by atoms with van der Waals surface area (Å²) in [4.78, 5) is 26.6. The summed E-state index contributed by atoms with van der Waals surface area (Å²) >= 11 is 0. The summed E-state index contributed by atoms with van der Waals surface area (Å²) in [6.45, 7) is 4.10. The average Bonchev–Trinajstić information content (AvgIpc) is 3.03. The summed E-state index contributed by atoms with van der Waals surface area (Å²) in [6, 6.07) is 5.29. The SMILES string of the molecule is CC(C)c1cnc(NC(=O)c2cccc3[nH]c(N)nc23)[nH]1. The summed E-state index contributed by atoms with van der Waals surface area (Å²) in [5.74, 6) is 0.740. The highest BCUT2D eigenvalue weighted by molar-refractivity contribution is 6.11. The summed E-state index contributed by atoms with van der Waals surface area (Å²) < 4.78 is 0. The highest BCUT2D eigenvalue weighted by Crippen LogP contribution is 2.19. The Kier molecular flexibility index (Phi) is 3.09. The van der Waals surface area contributed by atoms with Crippen molar-refractivity contribution in [1.29, 1.82) is 0 Å². The highest BCUT2D eigenvalue weighted by atomic mass is 16.1. The number of amides is 1. The fraction of sp³-hybridized carbons (Fsp3) is 0.214. The Bertz CT molecular complexity index is 801. The number of anilines is 2. The summed E-state index contributed by atoms with van der Waals surface area (Å²) in [7, 11) is 0. The molecule has 1 amide bonds. The van der Waals surface area contributed by atoms with Crippen molar-refractivity contribution >= 4 is 28.8 Å². The molecule has 2 heterocycles. The quantitative estimate of drug-likeness (QED) is 0.590. The molecule has 0 aliphatic carbocycles. The van der Waals surface area contributed by atoms with Gasteiger partial charge in [-0.3, -0.25) is 10.1 Å². The van der Waals surface area contributed by atoms with Gasteiger partial charge in [-0.25, -0.2) is 9.97 Å². The minimum absolute atomic E-state index is 0.281. The van der Waals surface area contributed by atoms with Crippen LogP contribution in [-0.4, -0.2) is 25.8 Å². The number of carbonyl (C=O) groups excluding carboxylic acids is 1. The van der Waals surface area contributed by atoms with E-state index < -0.39 is 0 Å². The molecule has 7 heteroatoms. The van der Waals surface area contributed by atoms with Gasteiger partial charge in [-0.05, 0) is 18.1 Å². The zero-order valence-corrected chi connectivity index (χ0v) is 11.8. The molecule has 0 saturated carbocycles. The second-order valence-corrected chi connectivity index (χ2v) is 5.12. The second-order valence-electron chi connectivity index (χ2n) is 5.12. The van der Waals surface area contributed by atoms with E-state index in [0.717, 1.165) is 11.2 Å². The number of imidazole rings is 2. The lowest BCUT2D eigenvalue weighted by Crippen LogP contribution is -2.13. The van der Waals surface area contributed by atoms with E-state index in [-0.39, 0.29) is 11.9 Å². The smallest absolute Gasteiger partial charge is 0.260 e. The van der Waals surface area contributed by atoms with E-state index in [1.807, 2.05) is 19.9 Å². The molecular formula is C14H16N6O. The maximum atomic E-state index is 12.4. The van der Waals surface area contributed by atoms with Gasteiger partial charge in [-0.2, -0.15) is 0 Å². The number of nitrogens with one attached hydrogen (secondary N) is 3. The lowest BCUT2D eigenvalue weighted by Gasteiger charge is -2.03. The molecular weight excluding hydrogens is 268 g/mol. The number of benzene rings is 1. The maximum absolute atomic E-state index is 12.4. The van der Waals surface area contributed by atoms with Gasteiger partial charge in [0, 0.05) is 5.69 Å². The Labute approximate surface area is 121 Å². The van der Waals surface area contributed by atoms with Gasteiger partial charge in [0.25, 0.3) is 5.91 Å². The molecule has 108 valence electrons. The van der Waals surface area contributed by atoms with Crippen LogP contribution in [0.15, 0.2) is 24.4 Å². The van der Waals surface area contributed by atoms with Gasteiger partial charge in [0.2, 0.25) is 5.95 Å². The number of rotatable bonds is 3. The van der Waals surface area contributed by atoms with Gasteiger partial charge < -0.3 is 15.7 Å². The molecule has 21 heavy (non-hydrogen) atoms. The Balaban J connectivity index is 1.89. The van der Waals surface area contributed by atoms with E-state index in [9.17, 15) is 4.79 Å². The number of aromatic nitrogens is 4. The minimum atomic E-state index is -0.281. The normalized spacial score (nSPS) is 11.2. The number of nitrogen functional groups attached to an aromatic ring is 1. The van der Waals surface area contributed by atoms with Crippen LogP contribution in [0.25, 0.3) is 11.0 Å². The van der Waals surface area contributed by atoms with Gasteiger partial charge in [0.15, 0.2) is 5.95 Å². The second kappa shape index (κ2) is 4.93. The fourth-order valence-corrected chi connectivity index (χ4v) is 2.10. The third kappa shape index (κ3) is 2.45. The van der Waals surface area contributed by atoms with Crippen molar-refractivity contribution in [2.75, 3.05) is 11.1 Å². The highest BCUT2D eigenvalue weighted by Gasteiger charge is 2.14. The van der Waals surface area contributed by atoms with Crippen LogP contribution in [0.2, 0.25) is 0 Å². The molecule has 0 aliphatic rings. The van der Waals surface area contributed by atoms with Crippen molar-refractivity contribution in [3.05, 3.63) is 35.7 Å². The molecule has 0 fully saturated rings. The maximum Gasteiger partial charge on any atom is 0.260 e. The number of aromatic amines is 2. The Morgan fingerprint density at radius 3 is 2.86 bits per heavy atom. The van der Waals surface area contributed by atoms with Crippen LogP contribution in [0.3, 0.4) is 0 Å². The molecule has 1 aromatic carbocycles. The van der Waals surface area contributed by atoms with Crippen LogP contribution >= 0.6 is 0 Å². The molecule has 2 aromatic heterocycles. The first kappa shape index (κ1) is 13.2. The van der Waals surface area contributed by atoms with Crippen LogP contribution in [0, 0.1) is 0 Å². The van der Waals surface area contributed by atoms with Crippen molar-refractivity contribution < 1.29 is 4.79 Å². The van der Waals surface area contributed by atoms with Gasteiger partial charge in [0.1, 0.15) is 5.52 Å². The predicted octanol–water partition coefficient (Wildman–Crippen LogP) is 2.24. The monoisotopic (exact) mass is 284 g/mol. The number of para-hydroxylation sites is 1. The number of hydrogen-bond acceptors (Lipinski definition) is 4. The van der Waals surface area contributed by atoms with Crippen molar-refractivity contribution in [3.63, 3.8) is 0 Å². The minimum Gasteiger partial charge on any atom is -0.369 e. The van der Waals surface area contributed by atoms with Crippen molar-refractivity contribution in [1.82, 2.24) is 19.9 Å². The van der Waals surface area contributed by atoms with E-state index in [0.29, 0.717) is 22.9 Å². The number of carbonyl (C=O) groups is 1. The van der Waals surface area contributed by atoms with E-state index in [1.165, 1.54) is 0 Å². The van der Waals surface area contributed by atoms with Crippen LogP contribution in [0.5, 0.6) is 0 Å². The molecule has 0 unspecified atom stereocenters. The first-order valence-electron chi connectivity index (χ1n) is 6.65. The molecule has 0 radical (unpaired) electrons. The standard InChI is InChI=1S/C14H16N6O/c1-7(2)10-6-16-14(18-10)20-12(21)8-4-3-5-9-11(8)19-13(15)17-9/h3-7H,1-2H3,(H3,15,17,19)(H2,16,18,20,21). The van der Waals surface area contributed by atoms with Crippen LogP contribution in [0.1, 0.15) is 35.8 Å². The van der Waals surface area contributed by atoms with Gasteiger partial charge >= 0.3 is 0 Å². The molecule has 0 atom stereocenters. The van der Waals surface area contributed by atoms with E-state index in [4.69, 9.17) is 5.73 Å². The van der Waals surface area contributed by atoms with Crippen LogP contribution in [0.4, 0.5) is 11.9 Å². The van der Waals surface area contributed by atoms with E-state index in [2.05, 4.69) is 25.3 Å². The number of fused-ring (bicyclic) bond motifs is 1. The molecule has 0 bridgehead atoms. The van der Waals surface area contributed by atoms with Crippen molar-refractivity contribution in [2.45, 2.75) is 19.8 Å². The zero-order chi connectivity index (χ0) is 15.0. The van der Waals surface area contributed by atoms with Crippen LogP contribution in [-0.2, 0) is 0 Å². The average molecular weight is 284 g/mol. The first-order valence-corrected chi connectivity index (χ1v) is 6.65. The molecule has 7 nitrogen and oxygen atoms in total. The fourth-order valence-electron chi connectivity index (χ4n) is 2.10. The third-order valence-corrected chi connectivity index (χ3v) is 3.23. The first-order chi connectivity index (χ1) is 10.0. The topological polar surface area (TPSA) is 112 Å².